The van der Waals surface area contributed by atoms with Gasteiger partial charge in [-0.1, -0.05) is 79.7 Å². The van der Waals surface area contributed by atoms with Crippen LogP contribution in [-0.4, -0.2) is 45.0 Å². The molecule has 0 aromatic heterocycles. The lowest BCUT2D eigenvalue weighted by atomic mass is 9.73. The Kier molecular flexibility index (Phi) is 5.12. The van der Waals surface area contributed by atoms with Crippen molar-refractivity contribution in [2.45, 2.75) is 129 Å². The average Bonchev–Trinajstić information content (AvgIpc) is 3.57. The van der Waals surface area contributed by atoms with Crippen molar-refractivity contribution in [3.05, 3.63) is 48.6 Å². The van der Waals surface area contributed by atoms with E-state index in [-0.39, 0.29) is 43.8 Å². The van der Waals surface area contributed by atoms with E-state index in [0.29, 0.717) is 0 Å². The number of allylic oxidation sites excluding steroid dienone is 4. The smallest absolute Gasteiger partial charge is 0.117 e. The lowest BCUT2D eigenvalue weighted by Crippen LogP contribution is -2.37. The van der Waals surface area contributed by atoms with Crippen LogP contribution in [0.3, 0.4) is 0 Å². The first kappa shape index (κ1) is 26.5. The van der Waals surface area contributed by atoms with Gasteiger partial charge in [-0.2, -0.15) is 0 Å². The van der Waals surface area contributed by atoms with Crippen molar-refractivity contribution in [3.63, 3.8) is 0 Å². The van der Waals surface area contributed by atoms with Gasteiger partial charge in [-0.05, 0) is 75.7 Å². The molecule has 4 heteroatoms. The van der Waals surface area contributed by atoms with Gasteiger partial charge in [-0.15, -0.1) is 0 Å². The summed E-state index contributed by atoms with van der Waals surface area (Å²) in [5, 5.41) is 0. The first-order valence-electron chi connectivity index (χ1n) is 16.4. The van der Waals surface area contributed by atoms with E-state index >= 15 is 0 Å². The highest BCUT2D eigenvalue weighted by atomic mass is 15.2. The van der Waals surface area contributed by atoms with Crippen molar-refractivity contribution < 1.29 is 0 Å². The molecule has 4 atom stereocenters. The summed E-state index contributed by atoms with van der Waals surface area (Å²) in [5.74, 6) is 0. The minimum atomic E-state index is -0.308. The van der Waals surface area contributed by atoms with Gasteiger partial charge in [0.25, 0.3) is 0 Å². The molecule has 0 saturated heterocycles. The van der Waals surface area contributed by atoms with Crippen molar-refractivity contribution in [1.29, 1.82) is 0 Å². The van der Waals surface area contributed by atoms with Crippen LogP contribution in [0.4, 0.5) is 0 Å². The third kappa shape index (κ3) is 2.19. The molecule has 2 saturated carbocycles. The van der Waals surface area contributed by atoms with E-state index in [9.17, 15) is 0 Å². The number of hydrogen-bond acceptors (Lipinski definition) is 4. The fraction of sp³-hybridized carbons (Fsp3) is 0.667. The van der Waals surface area contributed by atoms with Gasteiger partial charge in [0.1, 0.15) is 22.2 Å². The summed E-state index contributed by atoms with van der Waals surface area (Å²) in [6, 6.07) is 0. The Morgan fingerprint density at radius 1 is 0.375 bits per heavy atom. The molecule has 2 aliphatic carbocycles. The molecule has 8 bridgehead atoms. The maximum absolute atomic E-state index is 5.81. The molecular weight excluding hydrogens is 488 g/mol. The van der Waals surface area contributed by atoms with E-state index in [1.54, 1.807) is 0 Å². The maximum atomic E-state index is 5.81. The molecule has 7 rings (SSSR count). The Balaban J connectivity index is 1.56. The van der Waals surface area contributed by atoms with Gasteiger partial charge in [0.05, 0.1) is 10.8 Å². The maximum Gasteiger partial charge on any atom is 0.117 e. The quantitative estimate of drug-likeness (QED) is 0.300. The molecule has 0 amide bonds. The fourth-order valence-electron chi connectivity index (χ4n) is 11.1. The molecule has 0 radical (unpaired) electrons. The molecule has 5 heterocycles. The third-order valence-electron chi connectivity index (χ3n) is 13.9. The minimum absolute atomic E-state index is 0.00192. The second kappa shape index (κ2) is 7.72. The van der Waals surface area contributed by atoms with Crippen LogP contribution in [0.25, 0.3) is 0 Å². The monoisotopic (exact) mass is 536 g/mol. The van der Waals surface area contributed by atoms with E-state index in [2.05, 4.69) is 104 Å². The van der Waals surface area contributed by atoms with Crippen molar-refractivity contribution in [3.8, 4) is 0 Å². The van der Waals surface area contributed by atoms with Crippen molar-refractivity contribution >= 4 is 22.8 Å². The van der Waals surface area contributed by atoms with Crippen LogP contribution in [0.1, 0.15) is 107 Å². The van der Waals surface area contributed by atoms with Gasteiger partial charge in [0, 0.05) is 33.7 Å². The molecule has 7 aliphatic rings. The van der Waals surface area contributed by atoms with E-state index in [4.69, 9.17) is 20.0 Å². The van der Waals surface area contributed by atoms with E-state index in [0.717, 1.165) is 51.4 Å². The summed E-state index contributed by atoms with van der Waals surface area (Å²) in [6.07, 6.45) is 27.5. The first-order valence-corrected chi connectivity index (χ1v) is 16.4. The molecule has 5 aliphatic heterocycles. The Bertz CT molecular complexity index is 1210. The Morgan fingerprint density at radius 3 is 0.775 bits per heavy atom. The highest BCUT2D eigenvalue weighted by Gasteiger charge is 2.88. The van der Waals surface area contributed by atoms with Crippen LogP contribution in [0.2, 0.25) is 0 Å². The van der Waals surface area contributed by atoms with Gasteiger partial charge in [0.15, 0.2) is 0 Å². The molecule has 0 aromatic carbocycles. The number of aliphatic imine (C=N–C) groups is 4. The van der Waals surface area contributed by atoms with Crippen LogP contribution >= 0.6 is 0 Å². The van der Waals surface area contributed by atoms with Gasteiger partial charge >= 0.3 is 0 Å². The summed E-state index contributed by atoms with van der Waals surface area (Å²) in [4.78, 5) is 23.2. The number of hydrogen-bond donors (Lipinski definition) is 0. The predicted molar refractivity (Wildman–Crippen MR) is 169 cm³/mol. The number of nitrogens with zero attached hydrogens (tertiary/aromatic N) is 4. The molecule has 4 unspecified atom stereocenters. The van der Waals surface area contributed by atoms with E-state index < -0.39 is 0 Å². The zero-order valence-electron chi connectivity index (χ0n) is 26.1. The molecule has 212 valence electrons. The highest BCUT2D eigenvalue weighted by Crippen LogP contribution is 2.79. The van der Waals surface area contributed by atoms with Gasteiger partial charge in [-0.3, -0.25) is 20.0 Å². The molecule has 4 spiro atoms. The topological polar surface area (TPSA) is 49.4 Å². The zero-order valence-corrected chi connectivity index (χ0v) is 26.1. The molecule has 0 N–H and O–H groups in total. The lowest BCUT2D eigenvalue weighted by molar-refractivity contribution is 0.396. The van der Waals surface area contributed by atoms with Crippen molar-refractivity contribution in [2.75, 3.05) is 0 Å². The van der Waals surface area contributed by atoms with Crippen LogP contribution in [0.15, 0.2) is 68.6 Å². The lowest BCUT2D eigenvalue weighted by Gasteiger charge is -2.32. The predicted octanol–water partition coefficient (Wildman–Crippen LogP) is 8.25. The van der Waals surface area contributed by atoms with Gasteiger partial charge < -0.3 is 0 Å². The third-order valence-corrected chi connectivity index (χ3v) is 13.9. The second-order valence-corrected chi connectivity index (χ2v) is 13.5. The van der Waals surface area contributed by atoms with Gasteiger partial charge in [-0.25, -0.2) is 0 Å². The van der Waals surface area contributed by atoms with E-state index in [1.807, 2.05) is 0 Å². The molecule has 2 fully saturated rings. The zero-order chi connectivity index (χ0) is 28.5. The Morgan fingerprint density at radius 2 is 0.600 bits per heavy atom. The largest absolute Gasteiger partial charge is 0.274 e. The highest BCUT2D eigenvalue weighted by molar-refractivity contribution is 6.24. The Hall–Kier alpha value is -2.36. The van der Waals surface area contributed by atoms with Crippen LogP contribution in [-0.2, 0) is 0 Å². The summed E-state index contributed by atoms with van der Waals surface area (Å²) in [7, 11) is 0. The van der Waals surface area contributed by atoms with Crippen LogP contribution < -0.4 is 0 Å². The SMILES string of the molecule is CCC1(CC)C2=NC3(C=C2)C(CC)(CC)C32C=CC(=N2)C(CC)(CC)C2=NC3(C=C2)C(CC)(CC)C32C=CC1=N2. The summed E-state index contributed by atoms with van der Waals surface area (Å²) < 4.78 is 0. The van der Waals surface area contributed by atoms with Crippen molar-refractivity contribution in [2.24, 2.45) is 41.6 Å². The Labute approximate surface area is 241 Å². The fourth-order valence-corrected chi connectivity index (χ4v) is 11.1. The number of rotatable bonds is 8. The average molecular weight is 537 g/mol. The van der Waals surface area contributed by atoms with E-state index in [1.165, 1.54) is 22.8 Å². The minimum Gasteiger partial charge on any atom is -0.274 e. The molecule has 40 heavy (non-hydrogen) atoms. The molecular formula is C36H48N4. The molecule has 0 aromatic rings. The second-order valence-electron chi connectivity index (χ2n) is 13.5. The first-order chi connectivity index (χ1) is 19.2. The summed E-state index contributed by atoms with van der Waals surface area (Å²) in [6.45, 7) is 18.7. The standard InChI is InChI=1S/C36H48N4/c1-9-29(10-2)25-17-21-33(37-25)31(13-5,14-6)35(33)23-19-27(39-35)30(11-3,12-4)28-20-24-36(40-28)32(15-7,16-8)34(36)22-18-26(29)38-34/h17-24H,9-16H2,1-8H3. The van der Waals surface area contributed by atoms with Gasteiger partial charge in [0.2, 0.25) is 0 Å². The van der Waals surface area contributed by atoms with Crippen molar-refractivity contribution in [1.82, 2.24) is 0 Å². The van der Waals surface area contributed by atoms with Crippen LogP contribution in [0.5, 0.6) is 0 Å². The summed E-state index contributed by atoms with van der Waals surface area (Å²) in [5.41, 5.74) is 3.24. The molecule has 4 nitrogen and oxygen atoms in total. The summed E-state index contributed by atoms with van der Waals surface area (Å²) >= 11 is 0. The van der Waals surface area contributed by atoms with Crippen LogP contribution in [0, 0.1) is 21.7 Å². The normalized spacial score (nSPS) is 40.2.